The standard InChI is InChI=1S/C30H41N5O4/c1-6-32-25(18-23-12-11-22(19-31)17-27(23)32)14-13-24-9-7-15-33(24)29(38)26-10-8-16-34(26)28(37)21(2)35(20-36)39-30(3,4)5/h11-12,17-18,20-21,24,26H,6-10,13-16H2,1-5H3/t21-,24-,26+/m0/s1. The third-order valence-corrected chi connectivity index (χ3v) is 7.87. The van der Waals surface area contributed by atoms with E-state index in [1.54, 1.807) is 11.8 Å². The molecule has 2 aliphatic rings. The monoisotopic (exact) mass is 535 g/mol. The van der Waals surface area contributed by atoms with Crippen LogP contribution in [0.1, 0.15) is 78.0 Å². The van der Waals surface area contributed by atoms with E-state index in [1.165, 1.54) is 5.69 Å². The molecule has 2 aromatic rings. The van der Waals surface area contributed by atoms with Gasteiger partial charge in [0, 0.05) is 36.9 Å². The fraction of sp³-hybridized carbons (Fsp3) is 0.600. The molecule has 0 radical (unpaired) electrons. The molecule has 9 heteroatoms. The zero-order chi connectivity index (χ0) is 28.3. The van der Waals surface area contributed by atoms with Crippen LogP contribution in [0.4, 0.5) is 0 Å². The largest absolute Gasteiger partial charge is 0.345 e. The van der Waals surface area contributed by atoms with E-state index in [0.717, 1.165) is 54.6 Å². The van der Waals surface area contributed by atoms with E-state index < -0.39 is 17.7 Å². The van der Waals surface area contributed by atoms with Crippen LogP contribution in [0.25, 0.3) is 10.9 Å². The minimum Gasteiger partial charge on any atom is -0.345 e. The second kappa shape index (κ2) is 11.8. The molecule has 3 heterocycles. The zero-order valence-electron chi connectivity index (χ0n) is 23.9. The predicted octanol–water partition coefficient (Wildman–Crippen LogP) is 4.02. The van der Waals surface area contributed by atoms with Crippen molar-refractivity contribution in [1.29, 1.82) is 5.26 Å². The third-order valence-electron chi connectivity index (χ3n) is 7.87. The Hall–Kier alpha value is -3.38. The summed E-state index contributed by atoms with van der Waals surface area (Å²) in [5.74, 6) is -0.248. The normalized spacial score (nSPS) is 20.3. The van der Waals surface area contributed by atoms with Crippen LogP contribution >= 0.6 is 0 Å². The molecule has 210 valence electrons. The lowest BCUT2D eigenvalue weighted by molar-refractivity contribution is -0.231. The van der Waals surface area contributed by atoms with E-state index in [2.05, 4.69) is 23.6 Å². The Labute approximate surface area is 231 Å². The molecule has 3 amide bonds. The molecular weight excluding hydrogens is 494 g/mol. The van der Waals surface area contributed by atoms with Gasteiger partial charge in [-0.05, 0) is 96.7 Å². The van der Waals surface area contributed by atoms with Crippen LogP contribution in [0.5, 0.6) is 0 Å². The molecule has 2 aliphatic heterocycles. The van der Waals surface area contributed by atoms with Crippen LogP contribution in [0.3, 0.4) is 0 Å². The van der Waals surface area contributed by atoms with Crippen molar-refractivity contribution in [1.82, 2.24) is 19.4 Å². The smallest absolute Gasteiger partial charge is 0.248 e. The Morgan fingerprint density at radius 3 is 2.56 bits per heavy atom. The quantitative estimate of drug-likeness (QED) is 0.357. The molecule has 0 aliphatic carbocycles. The van der Waals surface area contributed by atoms with Gasteiger partial charge in [-0.1, -0.05) is 6.07 Å². The molecule has 0 bridgehead atoms. The van der Waals surface area contributed by atoms with Crippen molar-refractivity contribution < 1.29 is 19.2 Å². The fourth-order valence-corrected chi connectivity index (χ4v) is 6.04. The Kier molecular flexibility index (Phi) is 8.65. The van der Waals surface area contributed by atoms with Gasteiger partial charge in [-0.15, -0.1) is 0 Å². The average molecular weight is 536 g/mol. The summed E-state index contributed by atoms with van der Waals surface area (Å²) in [6.07, 6.45) is 5.52. The maximum absolute atomic E-state index is 13.8. The highest BCUT2D eigenvalue weighted by atomic mass is 16.7. The second-order valence-corrected chi connectivity index (χ2v) is 11.7. The van der Waals surface area contributed by atoms with Crippen molar-refractivity contribution in [2.24, 2.45) is 0 Å². The van der Waals surface area contributed by atoms with Crippen LogP contribution in [-0.4, -0.2) is 74.5 Å². The summed E-state index contributed by atoms with van der Waals surface area (Å²) < 4.78 is 2.26. The average Bonchev–Trinajstić information content (AvgIpc) is 3.66. The number of rotatable bonds is 9. The lowest BCUT2D eigenvalue weighted by atomic mass is 10.1. The molecular formula is C30H41N5O4. The summed E-state index contributed by atoms with van der Waals surface area (Å²) in [5, 5.41) is 11.5. The van der Waals surface area contributed by atoms with Crippen molar-refractivity contribution in [2.45, 2.75) is 103 Å². The Bertz CT molecular complexity index is 1260. The number of likely N-dealkylation sites (tertiary alicyclic amines) is 2. The van der Waals surface area contributed by atoms with Gasteiger partial charge in [0.05, 0.1) is 17.2 Å². The first-order chi connectivity index (χ1) is 18.6. The van der Waals surface area contributed by atoms with E-state index in [4.69, 9.17) is 4.84 Å². The van der Waals surface area contributed by atoms with Crippen LogP contribution in [-0.2, 0) is 32.2 Å². The number of benzene rings is 1. The summed E-state index contributed by atoms with van der Waals surface area (Å²) in [6, 6.07) is 9.02. The van der Waals surface area contributed by atoms with E-state index in [1.807, 2.05) is 43.9 Å². The summed E-state index contributed by atoms with van der Waals surface area (Å²) >= 11 is 0. The van der Waals surface area contributed by atoms with Gasteiger partial charge in [0.2, 0.25) is 18.2 Å². The number of hydrogen-bond acceptors (Lipinski definition) is 5. The molecule has 1 aromatic heterocycles. The van der Waals surface area contributed by atoms with Crippen LogP contribution in [0, 0.1) is 11.3 Å². The lowest BCUT2D eigenvalue weighted by Crippen LogP contribution is -2.54. The molecule has 2 fully saturated rings. The SMILES string of the molecule is CCn1c(CC[C@@H]2CCCN2C(=O)[C@H]2CCCN2C(=O)[C@H](C)N(C=O)OC(C)(C)C)cc2ccc(C#N)cc21. The van der Waals surface area contributed by atoms with Gasteiger partial charge in [0.1, 0.15) is 12.1 Å². The van der Waals surface area contributed by atoms with E-state index in [0.29, 0.717) is 31.5 Å². The summed E-state index contributed by atoms with van der Waals surface area (Å²) in [5.41, 5.74) is 2.31. The van der Waals surface area contributed by atoms with Crippen molar-refractivity contribution in [3.05, 3.63) is 35.5 Å². The summed E-state index contributed by atoms with van der Waals surface area (Å²) in [4.78, 5) is 48.2. The van der Waals surface area contributed by atoms with Crippen molar-refractivity contribution in [2.75, 3.05) is 13.1 Å². The van der Waals surface area contributed by atoms with Crippen molar-refractivity contribution in [3.8, 4) is 6.07 Å². The topological polar surface area (TPSA) is 98.9 Å². The number of nitrogens with zero attached hydrogens (tertiary/aromatic N) is 5. The third kappa shape index (κ3) is 6.11. The summed E-state index contributed by atoms with van der Waals surface area (Å²) in [6.45, 7) is 11.2. The van der Waals surface area contributed by atoms with Crippen molar-refractivity contribution >= 4 is 29.1 Å². The van der Waals surface area contributed by atoms with Gasteiger partial charge in [-0.3, -0.25) is 19.2 Å². The Morgan fingerprint density at radius 1 is 1.18 bits per heavy atom. The highest BCUT2D eigenvalue weighted by Gasteiger charge is 2.42. The number of aromatic nitrogens is 1. The van der Waals surface area contributed by atoms with E-state index in [-0.39, 0.29) is 17.9 Å². The molecule has 0 unspecified atom stereocenters. The second-order valence-electron chi connectivity index (χ2n) is 11.7. The number of nitriles is 1. The van der Waals surface area contributed by atoms with Crippen LogP contribution in [0.2, 0.25) is 0 Å². The lowest BCUT2D eigenvalue weighted by Gasteiger charge is -2.35. The van der Waals surface area contributed by atoms with Crippen LogP contribution < -0.4 is 0 Å². The highest BCUT2D eigenvalue weighted by molar-refractivity contribution is 5.91. The van der Waals surface area contributed by atoms with Crippen LogP contribution in [0.15, 0.2) is 24.3 Å². The maximum Gasteiger partial charge on any atom is 0.248 e. The van der Waals surface area contributed by atoms with Gasteiger partial charge >= 0.3 is 0 Å². The molecule has 4 rings (SSSR count). The molecule has 0 saturated carbocycles. The van der Waals surface area contributed by atoms with E-state index in [9.17, 15) is 19.6 Å². The van der Waals surface area contributed by atoms with Gasteiger partial charge in [0.15, 0.2) is 0 Å². The first-order valence-corrected chi connectivity index (χ1v) is 14.1. The number of aryl methyl sites for hydroxylation is 2. The van der Waals surface area contributed by atoms with Gasteiger partial charge in [-0.2, -0.15) is 5.26 Å². The number of hydrogen-bond donors (Lipinski definition) is 0. The number of amides is 3. The Balaban J connectivity index is 1.44. The molecule has 2 saturated heterocycles. The number of carbonyl (C=O) groups excluding carboxylic acids is 3. The van der Waals surface area contributed by atoms with Gasteiger partial charge in [0.25, 0.3) is 0 Å². The van der Waals surface area contributed by atoms with Gasteiger partial charge in [-0.25, -0.2) is 5.06 Å². The highest BCUT2D eigenvalue weighted by Crippen LogP contribution is 2.29. The maximum atomic E-state index is 13.8. The molecule has 3 atom stereocenters. The fourth-order valence-electron chi connectivity index (χ4n) is 6.04. The molecule has 9 nitrogen and oxygen atoms in total. The van der Waals surface area contributed by atoms with Crippen molar-refractivity contribution in [3.63, 3.8) is 0 Å². The van der Waals surface area contributed by atoms with Gasteiger partial charge < -0.3 is 14.4 Å². The zero-order valence-corrected chi connectivity index (χ0v) is 23.9. The molecule has 0 spiro atoms. The molecule has 0 N–H and O–H groups in total. The molecule has 39 heavy (non-hydrogen) atoms. The van der Waals surface area contributed by atoms with E-state index >= 15 is 0 Å². The number of hydroxylamine groups is 2. The first-order valence-electron chi connectivity index (χ1n) is 14.1. The molecule has 1 aromatic carbocycles. The first kappa shape index (κ1) is 28.6. The predicted molar refractivity (Wildman–Crippen MR) is 148 cm³/mol. The number of carbonyl (C=O) groups is 3. The minimum absolute atomic E-state index is 0.0136. The summed E-state index contributed by atoms with van der Waals surface area (Å²) in [7, 11) is 0. The minimum atomic E-state index is -0.818. The Morgan fingerprint density at radius 2 is 1.90 bits per heavy atom. The number of fused-ring (bicyclic) bond motifs is 1.